The molecule has 0 atom stereocenters. The molecule has 2 aliphatic rings. The molecule has 104 valence electrons. The van der Waals surface area contributed by atoms with Gasteiger partial charge in [0.05, 0.1) is 11.5 Å². The van der Waals surface area contributed by atoms with E-state index in [1.165, 1.54) is 11.1 Å². The highest BCUT2D eigenvalue weighted by Gasteiger charge is 2.42. The lowest BCUT2D eigenvalue weighted by Gasteiger charge is -2.42. The molecule has 0 radical (unpaired) electrons. The minimum absolute atomic E-state index is 0.0698. The van der Waals surface area contributed by atoms with E-state index >= 15 is 0 Å². The van der Waals surface area contributed by atoms with Crippen molar-refractivity contribution in [2.45, 2.75) is 18.4 Å². The Bertz CT molecular complexity index is 544. The van der Waals surface area contributed by atoms with Gasteiger partial charge in [-0.05, 0) is 24.0 Å². The smallest absolute Gasteiger partial charge is 0.152 e. The molecular formula is C14H20N2O2S. The van der Waals surface area contributed by atoms with Crippen molar-refractivity contribution in [1.82, 2.24) is 4.90 Å². The van der Waals surface area contributed by atoms with Crippen LogP contribution in [0.25, 0.3) is 0 Å². The van der Waals surface area contributed by atoms with Crippen LogP contribution in [0.4, 0.5) is 0 Å². The van der Waals surface area contributed by atoms with Crippen molar-refractivity contribution < 1.29 is 8.42 Å². The van der Waals surface area contributed by atoms with Crippen LogP contribution >= 0.6 is 0 Å². The molecule has 1 aliphatic heterocycles. The molecule has 0 spiro atoms. The molecule has 0 unspecified atom stereocenters. The number of sulfone groups is 1. The second kappa shape index (κ2) is 4.58. The first-order chi connectivity index (χ1) is 9.05. The Kier molecular flexibility index (Phi) is 3.15. The molecule has 0 bridgehead atoms. The predicted octanol–water partition coefficient (Wildman–Crippen LogP) is 0.213. The predicted molar refractivity (Wildman–Crippen MR) is 75.9 cm³/mol. The van der Waals surface area contributed by atoms with Crippen molar-refractivity contribution in [1.29, 1.82) is 0 Å². The minimum atomic E-state index is -2.83. The van der Waals surface area contributed by atoms with Gasteiger partial charge in [0.2, 0.25) is 0 Å². The summed E-state index contributed by atoms with van der Waals surface area (Å²) in [5, 5.41) is 0. The molecule has 0 saturated carbocycles. The average Bonchev–Trinajstić information content (AvgIpc) is 2.78. The maximum Gasteiger partial charge on any atom is 0.152 e. The van der Waals surface area contributed by atoms with Crippen LogP contribution in [-0.4, -0.2) is 50.0 Å². The van der Waals surface area contributed by atoms with Crippen LogP contribution in [0.1, 0.15) is 11.1 Å². The number of hydrogen-bond donors (Lipinski definition) is 1. The minimum Gasteiger partial charge on any atom is -0.329 e. The van der Waals surface area contributed by atoms with Crippen molar-refractivity contribution in [2.24, 2.45) is 5.73 Å². The number of nitrogens with zero attached hydrogens (tertiary/aromatic N) is 1. The highest BCUT2D eigenvalue weighted by Crippen LogP contribution is 2.34. The molecule has 1 aromatic carbocycles. The van der Waals surface area contributed by atoms with Gasteiger partial charge in [-0.15, -0.1) is 0 Å². The van der Waals surface area contributed by atoms with E-state index in [0.29, 0.717) is 19.6 Å². The molecule has 3 rings (SSSR count). The van der Waals surface area contributed by atoms with E-state index in [9.17, 15) is 8.42 Å². The number of nitrogens with two attached hydrogens (primary N) is 1. The maximum absolute atomic E-state index is 11.6. The van der Waals surface area contributed by atoms with E-state index in [0.717, 1.165) is 12.8 Å². The highest BCUT2D eigenvalue weighted by molar-refractivity contribution is 7.91. The van der Waals surface area contributed by atoms with E-state index < -0.39 is 9.84 Å². The van der Waals surface area contributed by atoms with E-state index in [-0.39, 0.29) is 17.0 Å². The van der Waals surface area contributed by atoms with Gasteiger partial charge in [-0.25, -0.2) is 8.42 Å². The average molecular weight is 280 g/mol. The van der Waals surface area contributed by atoms with Crippen LogP contribution in [-0.2, 0) is 22.7 Å². The zero-order valence-electron chi connectivity index (χ0n) is 11.0. The Labute approximate surface area is 114 Å². The van der Waals surface area contributed by atoms with Gasteiger partial charge in [0, 0.05) is 25.2 Å². The fraction of sp³-hybridized carbons (Fsp3) is 0.571. The molecule has 0 aromatic heterocycles. The van der Waals surface area contributed by atoms with Gasteiger partial charge < -0.3 is 5.73 Å². The van der Waals surface area contributed by atoms with Gasteiger partial charge in [0.25, 0.3) is 0 Å². The summed E-state index contributed by atoms with van der Waals surface area (Å²) in [5.41, 5.74) is 8.71. The summed E-state index contributed by atoms with van der Waals surface area (Å²) in [7, 11) is -2.83. The molecular weight excluding hydrogens is 260 g/mol. The third-order valence-corrected chi connectivity index (χ3v) is 6.16. The third kappa shape index (κ3) is 2.30. The summed E-state index contributed by atoms with van der Waals surface area (Å²) in [6.07, 6.45) is 1.89. The van der Waals surface area contributed by atoms with Gasteiger partial charge in [-0.2, -0.15) is 0 Å². The molecule has 19 heavy (non-hydrogen) atoms. The normalized spacial score (nSPS) is 25.1. The summed E-state index contributed by atoms with van der Waals surface area (Å²) >= 11 is 0. The van der Waals surface area contributed by atoms with Gasteiger partial charge in [-0.1, -0.05) is 24.3 Å². The Hall–Kier alpha value is -0.910. The summed E-state index contributed by atoms with van der Waals surface area (Å²) in [6, 6.07) is 8.44. The van der Waals surface area contributed by atoms with E-state index in [1.807, 2.05) is 0 Å². The van der Waals surface area contributed by atoms with E-state index in [2.05, 4.69) is 29.2 Å². The zero-order chi connectivity index (χ0) is 13.5. The molecule has 1 saturated heterocycles. The molecule has 2 N–H and O–H groups in total. The third-order valence-electron chi connectivity index (χ3n) is 4.55. The van der Waals surface area contributed by atoms with E-state index in [4.69, 9.17) is 5.73 Å². The molecule has 1 aliphatic carbocycles. The molecule has 1 aromatic rings. The molecule has 0 amide bonds. The van der Waals surface area contributed by atoms with Crippen molar-refractivity contribution in [2.75, 3.05) is 31.1 Å². The van der Waals surface area contributed by atoms with Crippen LogP contribution in [0.3, 0.4) is 0 Å². The van der Waals surface area contributed by atoms with Gasteiger partial charge in [-0.3, -0.25) is 4.90 Å². The topological polar surface area (TPSA) is 63.4 Å². The Morgan fingerprint density at radius 1 is 1.11 bits per heavy atom. The fourth-order valence-corrected chi connectivity index (χ4v) is 4.56. The summed E-state index contributed by atoms with van der Waals surface area (Å²) in [5.74, 6) is 0.538. The van der Waals surface area contributed by atoms with Crippen LogP contribution < -0.4 is 5.73 Å². The maximum atomic E-state index is 11.6. The lowest BCUT2D eigenvalue weighted by Crippen LogP contribution is -2.59. The summed E-state index contributed by atoms with van der Waals surface area (Å²) in [4.78, 5) is 2.30. The number of fused-ring (bicyclic) bond motifs is 1. The largest absolute Gasteiger partial charge is 0.329 e. The van der Waals surface area contributed by atoms with Crippen LogP contribution in [0, 0.1) is 0 Å². The van der Waals surface area contributed by atoms with Crippen LogP contribution in [0.2, 0.25) is 0 Å². The zero-order valence-corrected chi connectivity index (χ0v) is 11.8. The second-order valence-corrected chi connectivity index (χ2v) is 7.99. The Morgan fingerprint density at radius 2 is 1.63 bits per heavy atom. The Balaban J connectivity index is 1.83. The number of hydrogen-bond acceptors (Lipinski definition) is 4. The van der Waals surface area contributed by atoms with Crippen LogP contribution in [0.5, 0.6) is 0 Å². The quantitative estimate of drug-likeness (QED) is 0.841. The molecule has 5 heteroatoms. The fourth-order valence-electron chi connectivity index (χ4n) is 3.36. The molecule has 4 nitrogen and oxygen atoms in total. The number of benzene rings is 1. The van der Waals surface area contributed by atoms with E-state index in [1.54, 1.807) is 0 Å². The highest BCUT2D eigenvalue weighted by atomic mass is 32.2. The molecule has 1 heterocycles. The lowest BCUT2D eigenvalue weighted by atomic mass is 9.93. The van der Waals surface area contributed by atoms with Gasteiger partial charge in [0.1, 0.15) is 0 Å². The first-order valence-electron chi connectivity index (χ1n) is 6.77. The summed E-state index contributed by atoms with van der Waals surface area (Å²) < 4.78 is 23.1. The first kappa shape index (κ1) is 13.1. The van der Waals surface area contributed by atoms with Crippen molar-refractivity contribution in [3.8, 4) is 0 Å². The number of rotatable bonds is 2. The second-order valence-electron chi connectivity index (χ2n) is 5.69. The SMILES string of the molecule is NCC1(N2CCS(=O)(=O)CC2)Cc2ccccc2C1. The Morgan fingerprint density at radius 3 is 2.11 bits per heavy atom. The summed E-state index contributed by atoms with van der Waals surface area (Å²) in [6.45, 7) is 1.82. The van der Waals surface area contributed by atoms with Crippen LogP contribution in [0.15, 0.2) is 24.3 Å². The lowest BCUT2D eigenvalue weighted by molar-refractivity contribution is 0.113. The van der Waals surface area contributed by atoms with Gasteiger partial charge in [0.15, 0.2) is 9.84 Å². The molecule has 1 fully saturated rings. The standard InChI is InChI=1S/C14H20N2O2S/c15-11-14(16-5-7-19(17,18)8-6-16)9-12-3-1-2-4-13(12)10-14/h1-4H,5-11,15H2. The monoisotopic (exact) mass is 280 g/mol. The first-order valence-corrected chi connectivity index (χ1v) is 8.59. The van der Waals surface area contributed by atoms with Crippen molar-refractivity contribution in [3.63, 3.8) is 0 Å². The van der Waals surface area contributed by atoms with Gasteiger partial charge >= 0.3 is 0 Å². The van der Waals surface area contributed by atoms with Crippen molar-refractivity contribution >= 4 is 9.84 Å². The van der Waals surface area contributed by atoms with Crippen molar-refractivity contribution in [3.05, 3.63) is 35.4 Å².